The Labute approximate surface area is 153 Å². The normalized spacial score (nSPS) is 27.5. The fraction of sp³-hybridized carbons (Fsp3) is 0.474. The van der Waals surface area contributed by atoms with Gasteiger partial charge < -0.3 is 14.4 Å². The zero-order valence-electron chi connectivity index (χ0n) is 15.1. The van der Waals surface area contributed by atoms with Crippen LogP contribution in [-0.2, 0) is 9.53 Å². The van der Waals surface area contributed by atoms with Gasteiger partial charge in [0.15, 0.2) is 0 Å². The number of nitrogens with zero attached hydrogens (tertiary/aromatic N) is 2. The number of esters is 1. The van der Waals surface area contributed by atoms with Crippen LogP contribution in [0.2, 0.25) is 0 Å². The van der Waals surface area contributed by atoms with Gasteiger partial charge in [-0.15, -0.1) is 0 Å². The number of thioether (sulfide) groups is 1. The van der Waals surface area contributed by atoms with E-state index in [9.17, 15) is 4.79 Å². The minimum Gasteiger partial charge on any atom is -0.497 e. The monoisotopic (exact) mass is 360 g/mol. The molecule has 0 saturated carbocycles. The number of ether oxygens (including phenoxy) is 2. The Bertz CT molecular complexity index is 714. The molecule has 2 aliphatic heterocycles. The molecule has 2 heterocycles. The molecule has 2 aliphatic rings. The zero-order valence-corrected chi connectivity index (χ0v) is 15.9. The highest BCUT2D eigenvalue weighted by Gasteiger charge is 2.45. The van der Waals surface area contributed by atoms with Crippen LogP contribution in [0.1, 0.15) is 26.7 Å². The van der Waals surface area contributed by atoms with Crippen LogP contribution in [0.25, 0.3) is 0 Å². The van der Waals surface area contributed by atoms with Crippen molar-refractivity contribution in [1.82, 2.24) is 0 Å². The smallest absolute Gasteiger partial charge is 0.345 e. The van der Waals surface area contributed by atoms with E-state index in [1.807, 2.05) is 31.2 Å². The molecule has 1 saturated heterocycles. The molecule has 6 heteroatoms. The van der Waals surface area contributed by atoms with E-state index in [-0.39, 0.29) is 5.97 Å². The third-order valence-electron chi connectivity index (χ3n) is 4.68. The van der Waals surface area contributed by atoms with E-state index < -0.39 is 4.87 Å². The van der Waals surface area contributed by atoms with E-state index in [1.54, 1.807) is 7.11 Å². The van der Waals surface area contributed by atoms with E-state index >= 15 is 0 Å². The van der Waals surface area contributed by atoms with Crippen molar-refractivity contribution in [1.29, 1.82) is 0 Å². The molecule has 2 unspecified atom stereocenters. The van der Waals surface area contributed by atoms with Crippen molar-refractivity contribution < 1.29 is 14.3 Å². The van der Waals surface area contributed by atoms with Gasteiger partial charge in [-0.3, -0.25) is 0 Å². The van der Waals surface area contributed by atoms with E-state index in [1.165, 1.54) is 18.9 Å². The Morgan fingerprint density at radius 1 is 1.32 bits per heavy atom. The van der Waals surface area contributed by atoms with Crippen LogP contribution in [0.15, 0.2) is 40.2 Å². The second kappa shape index (κ2) is 7.12. The van der Waals surface area contributed by atoms with Crippen LogP contribution < -0.4 is 9.64 Å². The molecule has 1 aromatic carbocycles. The van der Waals surface area contributed by atoms with Gasteiger partial charge in [-0.2, -0.15) is 0 Å². The summed E-state index contributed by atoms with van der Waals surface area (Å²) in [4.78, 5) is 19.9. The van der Waals surface area contributed by atoms with Crippen LogP contribution >= 0.6 is 11.8 Å². The van der Waals surface area contributed by atoms with Crippen molar-refractivity contribution in [3.05, 3.63) is 35.2 Å². The minimum atomic E-state index is -0.891. The number of carbonyl (C=O) groups excluding carboxylic acids is 1. The fourth-order valence-electron chi connectivity index (χ4n) is 3.24. The highest BCUT2D eigenvalue weighted by Crippen LogP contribution is 2.45. The third-order valence-corrected chi connectivity index (χ3v) is 5.93. The number of rotatable bonds is 4. The molecule has 0 aliphatic carbocycles. The summed E-state index contributed by atoms with van der Waals surface area (Å²) in [6, 6.07) is 7.95. The van der Waals surface area contributed by atoms with E-state index in [4.69, 9.17) is 14.5 Å². The van der Waals surface area contributed by atoms with Crippen molar-refractivity contribution in [3.8, 4) is 5.75 Å². The maximum atomic E-state index is 12.5. The molecule has 0 amide bonds. The molecule has 0 bridgehead atoms. The summed E-state index contributed by atoms with van der Waals surface area (Å²) in [5.41, 5.74) is 1.07. The molecule has 2 atom stereocenters. The van der Waals surface area contributed by atoms with Gasteiger partial charge >= 0.3 is 5.97 Å². The Balaban J connectivity index is 1.96. The van der Waals surface area contributed by atoms with Gasteiger partial charge in [-0.05, 0) is 42.5 Å². The summed E-state index contributed by atoms with van der Waals surface area (Å²) in [6.07, 6.45) is 3.64. The van der Waals surface area contributed by atoms with Crippen LogP contribution in [0, 0.1) is 5.92 Å². The summed E-state index contributed by atoms with van der Waals surface area (Å²) >= 11 is 1.49. The third kappa shape index (κ3) is 3.40. The van der Waals surface area contributed by atoms with Gasteiger partial charge in [-0.25, -0.2) is 9.79 Å². The van der Waals surface area contributed by atoms with Crippen LogP contribution in [-0.4, -0.2) is 37.4 Å². The molecule has 25 heavy (non-hydrogen) atoms. The van der Waals surface area contributed by atoms with Gasteiger partial charge in [0.1, 0.15) is 11.6 Å². The summed E-state index contributed by atoms with van der Waals surface area (Å²) < 4.78 is 10.3. The average Bonchev–Trinajstić information content (AvgIpc) is 3.19. The van der Waals surface area contributed by atoms with E-state index in [0.717, 1.165) is 35.1 Å². The number of allylic oxidation sites excluding steroid dienone is 1. The van der Waals surface area contributed by atoms with Crippen molar-refractivity contribution in [2.45, 2.75) is 31.6 Å². The van der Waals surface area contributed by atoms with Gasteiger partial charge in [0.05, 0.1) is 14.2 Å². The molecule has 0 N–H and O–H groups in total. The predicted octanol–water partition coefficient (Wildman–Crippen LogP) is 3.85. The van der Waals surface area contributed by atoms with Crippen LogP contribution in [0.3, 0.4) is 0 Å². The fourth-order valence-corrected chi connectivity index (χ4v) is 4.41. The van der Waals surface area contributed by atoms with Crippen molar-refractivity contribution >= 4 is 29.3 Å². The lowest BCUT2D eigenvalue weighted by molar-refractivity contribution is -0.143. The second-order valence-electron chi connectivity index (χ2n) is 6.41. The lowest BCUT2D eigenvalue weighted by Crippen LogP contribution is -2.37. The average molecular weight is 360 g/mol. The first-order valence-electron chi connectivity index (χ1n) is 8.44. The Morgan fingerprint density at radius 2 is 2.04 bits per heavy atom. The molecule has 1 fully saturated rings. The first kappa shape index (κ1) is 17.9. The number of carbonyl (C=O) groups is 1. The lowest BCUT2D eigenvalue weighted by atomic mass is 10.1. The summed E-state index contributed by atoms with van der Waals surface area (Å²) in [7, 11) is 3.09. The maximum absolute atomic E-state index is 12.5. The van der Waals surface area contributed by atoms with E-state index in [0.29, 0.717) is 12.3 Å². The number of benzene rings is 1. The first-order valence-corrected chi connectivity index (χ1v) is 9.26. The standard InChI is InChI=1S/C19H24N2O3S/c1-13-10-12-21(15-5-7-16(23-3)8-6-15)17(13)20-19(18(22)24-4)11-9-14(2)25-19/h5-9,13H,10-12H2,1-4H3. The quantitative estimate of drug-likeness (QED) is 0.764. The number of amidine groups is 1. The van der Waals surface area contributed by atoms with Gasteiger partial charge in [0, 0.05) is 24.6 Å². The summed E-state index contributed by atoms with van der Waals surface area (Å²) in [6.45, 7) is 5.06. The number of methoxy groups -OCH3 is 2. The molecule has 3 rings (SSSR count). The number of hydrogen-bond acceptors (Lipinski definition) is 5. The van der Waals surface area contributed by atoms with Gasteiger partial charge in [-0.1, -0.05) is 24.8 Å². The topological polar surface area (TPSA) is 51.1 Å². The van der Waals surface area contributed by atoms with Gasteiger partial charge in [0.2, 0.25) is 4.87 Å². The SMILES string of the molecule is COC(=O)C1(N=C2C(C)CCN2c2ccc(OC)cc2)CC=C(C)S1. The lowest BCUT2D eigenvalue weighted by Gasteiger charge is -2.27. The molecular weight excluding hydrogens is 336 g/mol. The minimum absolute atomic E-state index is 0.285. The molecule has 1 aromatic rings. The Morgan fingerprint density at radius 3 is 2.60 bits per heavy atom. The largest absolute Gasteiger partial charge is 0.497 e. The number of hydrogen-bond donors (Lipinski definition) is 0. The zero-order chi connectivity index (χ0) is 18.0. The first-order chi connectivity index (χ1) is 12.0. The molecular formula is C19H24N2O3S. The molecule has 0 aromatic heterocycles. The van der Waals surface area contributed by atoms with E-state index in [2.05, 4.69) is 17.9 Å². The second-order valence-corrected chi connectivity index (χ2v) is 7.93. The Hall–Kier alpha value is -1.95. The number of anilines is 1. The number of aliphatic imine (C=N–C) groups is 1. The van der Waals surface area contributed by atoms with Crippen LogP contribution in [0.4, 0.5) is 5.69 Å². The molecule has 134 valence electrons. The highest BCUT2D eigenvalue weighted by atomic mass is 32.2. The molecule has 0 spiro atoms. The summed E-state index contributed by atoms with van der Waals surface area (Å²) in [5.74, 6) is 1.79. The van der Waals surface area contributed by atoms with Gasteiger partial charge in [0.25, 0.3) is 0 Å². The van der Waals surface area contributed by atoms with Crippen molar-refractivity contribution in [2.24, 2.45) is 10.9 Å². The maximum Gasteiger partial charge on any atom is 0.345 e. The Kier molecular flexibility index (Phi) is 5.08. The van der Waals surface area contributed by atoms with Crippen LogP contribution in [0.5, 0.6) is 5.75 Å². The molecule has 0 radical (unpaired) electrons. The predicted molar refractivity (Wildman–Crippen MR) is 102 cm³/mol. The van der Waals surface area contributed by atoms with Crippen molar-refractivity contribution in [2.75, 3.05) is 25.7 Å². The molecule has 5 nitrogen and oxygen atoms in total. The van der Waals surface area contributed by atoms with Crippen molar-refractivity contribution in [3.63, 3.8) is 0 Å². The summed E-state index contributed by atoms with van der Waals surface area (Å²) in [5, 5.41) is 0. The highest BCUT2D eigenvalue weighted by molar-refractivity contribution is 8.05.